The minimum absolute atomic E-state index is 0.127. The molecule has 0 saturated carbocycles. The third kappa shape index (κ3) is 4.66. The van der Waals surface area contributed by atoms with Crippen molar-refractivity contribution in [3.8, 4) is 11.1 Å². The van der Waals surface area contributed by atoms with E-state index >= 15 is 0 Å². The first-order valence-electron chi connectivity index (χ1n) is 7.75. The summed E-state index contributed by atoms with van der Waals surface area (Å²) < 4.78 is 13.0. The van der Waals surface area contributed by atoms with Crippen LogP contribution in [0.15, 0.2) is 36.7 Å². The Morgan fingerprint density at radius 1 is 1.26 bits per heavy atom. The Kier molecular flexibility index (Phi) is 5.55. The fourth-order valence-corrected chi connectivity index (χ4v) is 2.36. The average Bonchev–Trinajstić information content (AvgIpc) is 3.02. The van der Waals surface area contributed by atoms with Gasteiger partial charge in [-0.05, 0) is 36.0 Å². The predicted octanol–water partition coefficient (Wildman–Crippen LogP) is 3.35. The van der Waals surface area contributed by atoms with Gasteiger partial charge in [-0.25, -0.2) is 4.39 Å². The summed E-state index contributed by atoms with van der Waals surface area (Å²) in [5.41, 5.74) is 1.95. The van der Waals surface area contributed by atoms with Crippen molar-refractivity contribution in [3.63, 3.8) is 0 Å². The Bertz CT molecular complexity index is 647. The summed E-state index contributed by atoms with van der Waals surface area (Å²) in [4.78, 5) is 15.2. The molecule has 1 aromatic heterocycles. The summed E-state index contributed by atoms with van der Waals surface area (Å²) in [7, 11) is 0. The van der Waals surface area contributed by atoms with Gasteiger partial charge in [-0.1, -0.05) is 26.0 Å². The van der Waals surface area contributed by atoms with Crippen LogP contribution in [0.5, 0.6) is 0 Å². The smallest absolute Gasteiger partial charge is 0.253 e. The molecule has 3 N–H and O–H groups in total. The molecule has 0 aliphatic carbocycles. The second kappa shape index (κ2) is 7.42. The van der Waals surface area contributed by atoms with E-state index in [9.17, 15) is 14.3 Å². The highest BCUT2D eigenvalue weighted by molar-refractivity contribution is 6.00. The van der Waals surface area contributed by atoms with Crippen LogP contribution < -0.4 is 5.32 Å². The number of aromatic nitrogens is 1. The number of aliphatic hydroxyl groups is 1. The zero-order chi connectivity index (χ0) is 16.9. The van der Waals surface area contributed by atoms with Crippen molar-refractivity contribution in [3.05, 3.63) is 48.0 Å². The van der Waals surface area contributed by atoms with Crippen molar-refractivity contribution in [1.29, 1.82) is 0 Å². The van der Waals surface area contributed by atoms with E-state index in [4.69, 9.17) is 0 Å². The van der Waals surface area contributed by atoms with Crippen LogP contribution in [0, 0.1) is 11.2 Å². The van der Waals surface area contributed by atoms with Crippen molar-refractivity contribution in [1.82, 2.24) is 10.3 Å². The first-order chi connectivity index (χ1) is 10.9. The van der Waals surface area contributed by atoms with Gasteiger partial charge in [0.1, 0.15) is 5.82 Å². The van der Waals surface area contributed by atoms with Gasteiger partial charge in [-0.15, -0.1) is 0 Å². The van der Waals surface area contributed by atoms with Gasteiger partial charge >= 0.3 is 0 Å². The molecular formula is C18H23FN2O2. The molecular weight excluding hydrogens is 295 g/mol. The summed E-state index contributed by atoms with van der Waals surface area (Å²) in [6.07, 6.45) is 5.01. The second-order valence-corrected chi connectivity index (χ2v) is 6.47. The third-order valence-corrected chi connectivity index (χ3v) is 3.89. The van der Waals surface area contributed by atoms with Crippen molar-refractivity contribution in [2.24, 2.45) is 5.41 Å². The van der Waals surface area contributed by atoms with Crippen LogP contribution in [0.1, 0.15) is 37.0 Å². The fourth-order valence-electron chi connectivity index (χ4n) is 2.36. The summed E-state index contributed by atoms with van der Waals surface area (Å²) in [6, 6.07) is 6.06. The van der Waals surface area contributed by atoms with Crippen LogP contribution >= 0.6 is 0 Å². The number of nitrogens with one attached hydrogen (secondary N) is 2. The highest BCUT2D eigenvalue weighted by atomic mass is 19.1. The van der Waals surface area contributed by atoms with Crippen molar-refractivity contribution in [2.75, 3.05) is 13.2 Å². The van der Waals surface area contributed by atoms with E-state index in [1.165, 1.54) is 12.1 Å². The molecule has 0 unspecified atom stereocenters. The highest BCUT2D eigenvalue weighted by Gasteiger charge is 2.17. The number of aliphatic hydroxyl groups excluding tert-OH is 1. The van der Waals surface area contributed by atoms with E-state index in [-0.39, 0.29) is 23.7 Å². The molecule has 2 rings (SSSR count). The maximum absolute atomic E-state index is 13.0. The first kappa shape index (κ1) is 17.2. The van der Waals surface area contributed by atoms with Gasteiger partial charge in [-0.2, -0.15) is 0 Å². The largest absolute Gasteiger partial charge is 0.396 e. The molecule has 0 bridgehead atoms. The summed E-state index contributed by atoms with van der Waals surface area (Å²) in [5, 5.41) is 12.1. The van der Waals surface area contributed by atoms with Gasteiger partial charge in [0.25, 0.3) is 5.91 Å². The molecule has 0 fully saturated rings. The van der Waals surface area contributed by atoms with Crippen molar-refractivity contribution < 1.29 is 14.3 Å². The Labute approximate surface area is 135 Å². The molecule has 5 heteroatoms. The number of hydrogen-bond acceptors (Lipinski definition) is 2. The lowest BCUT2D eigenvalue weighted by Gasteiger charge is -2.21. The minimum atomic E-state index is -0.304. The number of hydrogen-bond donors (Lipinski definition) is 3. The van der Waals surface area contributed by atoms with Gasteiger partial charge in [0.2, 0.25) is 0 Å². The minimum Gasteiger partial charge on any atom is -0.396 e. The lowest BCUT2D eigenvalue weighted by Crippen LogP contribution is -2.26. The van der Waals surface area contributed by atoms with Crippen LogP contribution in [0.4, 0.5) is 4.39 Å². The number of rotatable bonds is 7. The molecule has 0 radical (unpaired) electrons. The molecule has 2 aromatic rings. The standard InChI is InChI=1S/C18H23FN2O2/c1-18(2,12-22)8-3-9-21-17(23)16-11-20-10-15(16)13-4-6-14(19)7-5-13/h4-7,10-11,20,22H,3,8-9,12H2,1-2H3,(H,21,23). The molecule has 0 atom stereocenters. The predicted molar refractivity (Wildman–Crippen MR) is 88.6 cm³/mol. The highest BCUT2D eigenvalue weighted by Crippen LogP contribution is 2.24. The topological polar surface area (TPSA) is 65.1 Å². The van der Waals surface area contributed by atoms with Gasteiger partial charge < -0.3 is 15.4 Å². The maximum Gasteiger partial charge on any atom is 0.253 e. The molecule has 4 nitrogen and oxygen atoms in total. The third-order valence-electron chi connectivity index (χ3n) is 3.89. The number of halogens is 1. The maximum atomic E-state index is 13.0. The number of carbonyl (C=O) groups is 1. The molecule has 1 aromatic carbocycles. The Morgan fingerprint density at radius 2 is 1.96 bits per heavy atom. The SMILES string of the molecule is CC(C)(CO)CCCNC(=O)c1c[nH]cc1-c1ccc(F)cc1. The molecule has 124 valence electrons. The van der Waals surface area contributed by atoms with Crippen LogP contribution in [-0.2, 0) is 0 Å². The first-order valence-corrected chi connectivity index (χ1v) is 7.75. The average molecular weight is 318 g/mol. The molecule has 1 heterocycles. The zero-order valence-corrected chi connectivity index (χ0v) is 13.5. The molecule has 0 saturated heterocycles. The molecule has 0 aliphatic heterocycles. The number of amides is 1. The Hall–Kier alpha value is -2.14. The van der Waals surface area contributed by atoms with Crippen LogP contribution in [-0.4, -0.2) is 29.1 Å². The van der Waals surface area contributed by atoms with Crippen LogP contribution in [0.25, 0.3) is 11.1 Å². The molecule has 1 amide bonds. The van der Waals surface area contributed by atoms with E-state index in [1.807, 2.05) is 13.8 Å². The second-order valence-electron chi connectivity index (χ2n) is 6.47. The van der Waals surface area contributed by atoms with Crippen molar-refractivity contribution in [2.45, 2.75) is 26.7 Å². The van der Waals surface area contributed by atoms with Crippen LogP contribution in [0.2, 0.25) is 0 Å². The lowest BCUT2D eigenvalue weighted by atomic mass is 9.89. The van der Waals surface area contributed by atoms with E-state index in [1.54, 1.807) is 24.5 Å². The van der Waals surface area contributed by atoms with Gasteiger partial charge in [0.15, 0.2) is 0 Å². The van der Waals surface area contributed by atoms with E-state index < -0.39 is 0 Å². The van der Waals surface area contributed by atoms with E-state index in [0.717, 1.165) is 24.0 Å². The molecule has 0 aliphatic rings. The monoisotopic (exact) mass is 318 g/mol. The molecule has 0 spiro atoms. The van der Waals surface area contributed by atoms with Gasteiger partial charge in [0.05, 0.1) is 5.56 Å². The van der Waals surface area contributed by atoms with Crippen LogP contribution in [0.3, 0.4) is 0 Å². The van der Waals surface area contributed by atoms with E-state index in [0.29, 0.717) is 12.1 Å². The molecule has 23 heavy (non-hydrogen) atoms. The summed E-state index contributed by atoms with van der Waals surface area (Å²) >= 11 is 0. The summed E-state index contributed by atoms with van der Waals surface area (Å²) in [5.74, 6) is -0.464. The number of benzene rings is 1. The van der Waals surface area contributed by atoms with Gasteiger partial charge in [-0.3, -0.25) is 4.79 Å². The lowest BCUT2D eigenvalue weighted by molar-refractivity contribution is 0.0949. The quantitative estimate of drug-likeness (QED) is 0.685. The number of carbonyl (C=O) groups excluding carboxylic acids is 1. The fraction of sp³-hybridized carbons (Fsp3) is 0.389. The normalized spacial score (nSPS) is 11.5. The van der Waals surface area contributed by atoms with E-state index in [2.05, 4.69) is 10.3 Å². The number of H-pyrrole nitrogens is 1. The Morgan fingerprint density at radius 3 is 2.61 bits per heavy atom. The van der Waals surface area contributed by atoms with Gasteiger partial charge in [0, 0.05) is 31.1 Å². The number of aromatic amines is 1. The van der Waals surface area contributed by atoms with Crippen molar-refractivity contribution >= 4 is 5.91 Å². The summed E-state index contributed by atoms with van der Waals surface area (Å²) in [6.45, 7) is 4.67. The Balaban J connectivity index is 1.96. The zero-order valence-electron chi connectivity index (χ0n) is 13.5.